The second-order valence-electron chi connectivity index (χ2n) is 5.75. The van der Waals surface area contributed by atoms with Gasteiger partial charge in [0.15, 0.2) is 0 Å². The lowest BCUT2D eigenvalue weighted by Gasteiger charge is -2.44. The smallest absolute Gasteiger partial charge is 0.324 e. The van der Waals surface area contributed by atoms with Gasteiger partial charge >= 0.3 is 5.97 Å². The van der Waals surface area contributed by atoms with Crippen LogP contribution in [0.25, 0.3) is 0 Å². The summed E-state index contributed by atoms with van der Waals surface area (Å²) >= 11 is 0. The van der Waals surface area contributed by atoms with Crippen molar-refractivity contribution in [2.75, 3.05) is 13.2 Å². The van der Waals surface area contributed by atoms with Gasteiger partial charge in [-0.1, -0.05) is 19.3 Å². The number of carbonyl (C=O) groups is 1. The molecule has 0 spiro atoms. The Balaban J connectivity index is 2.08. The van der Waals surface area contributed by atoms with E-state index in [-0.39, 0.29) is 5.54 Å². The lowest BCUT2D eigenvalue weighted by atomic mass is 9.79. The van der Waals surface area contributed by atoms with E-state index in [0.29, 0.717) is 26.1 Å². The molecule has 4 heteroatoms. The normalized spacial score (nSPS) is 27.6. The van der Waals surface area contributed by atoms with E-state index in [2.05, 4.69) is 12.2 Å². The highest BCUT2D eigenvalue weighted by Crippen LogP contribution is 2.32. The number of hydrogen-bond acceptors (Lipinski definition) is 3. The fourth-order valence-corrected chi connectivity index (χ4v) is 3.15. The zero-order valence-electron chi connectivity index (χ0n) is 10.6. The highest BCUT2D eigenvalue weighted by molar-refractivity contribution is 5.79. The maximum Gasteiger partial charge on any atom is 0.324 e. The molecule has 0 bridgehead atoms. The molecule has 0 aromatic heterocycles. The number of carboxylic acids is 1. The van der Waals surface area contributed by atoms with E-state index in [1.54, 1.807) is 0 Å². The predicted molar refractivity (Wildman–Crippen MR) is 65.0 cm³/mol. The molecule has 0 amide bonds. The molecule has 0 aromatic carbocycles. The van der Waals surface area contributed by atoms with E-state index >= 15 is 0 Å². The highest BCUT2D eigenvalue weighted by Gasteiger charge is 2.45. The Hall–Kier alpha value is -0.610. The third-order valence-electron chi connectivity index (χ3n) is 4.25. The fraction of sp³-hybridized carbons (Fsp3) is 0.923. The van der Waals surface area contributed by atoms with E-state index in [9.17, 15) is 9.90 Å². The molecular weight excluding hydrogens is 218 g/mol. The molecule has 1 aliphatic heterocycles. The van der Waals surface area contributed by atoms with Gasteiger partial charge in [0.2, 0.25) is 0 Å². The van der Waals surface area contributed by atoms with Crippen LogP contribution in [0.4, 0.5) is 0 Å². The molecule has 1 aliphatic carbocycles. The molecule has 1 saturated heterocycles. The lowest BCUT2D eigenvalue weighted by Crippen LogP contribution is -2.63. The standard InChI is InChI=1S/C13H23NO3/c1-12(5-3-2-4-6-12)14-13(11(15)16)7-9-17-10-8-13/h14H,2-10H2,1H3,(H,15,16). The number of hydrogen-bond donors (Lipinski definition) is 2. The molecule has 0 aromatic rings. The van der Waals surface area contributed by atoms with Crippen LogP contribution in [-0.2, 0) is 9.53 Å². The third-order valence-corrected chi connectivity index (χ3v) is 4.25. The van der Waals surface area contributed by atoms with Gasteiger partial charge in [-0.15, -0.1) is 0 Å². The molecule has 17 heavy (non-hydrogen) atoms. The van der Waals surface area contributed by atoms with Gasteiger partial charge in [0.25, 0.3) is 0 Å². The van der Waals surface area contributed by atoms with E-state index in [1.807, 2.05) is 0 Å². The average molecular weight is 241 g/mol. The van der Waals surface area contributed by atoms with Gasteiger partial charge in [-0.2, -0.15) is 0 Å². The summed E-state index contributed by atoms with van der Waals surface area (Å²) < 4.78 is 5.29. The minimum absolute atomic E-state index is 0.00597. The van der Waals surface area contributed by atoms with Crippen LogP contribution in [0, 0.1) is 0 Å². The van der Waals surface area contributed by atoms with Crippen molar-refractivity contribution < 1.29 is 14.6 Å². The molecule has 0 radical (unpaired) electrons. The van der Waals surface area contributed by atoms with Crippen molar-refractivity contribution in [3.63, 3.8) is 0 Å². The topological polar surface area (TPSA) is 58.6 Å². The van der Waals surface area contributed by atoms with Crippen LogP contribution >= 0.6 is 0 Å². The van der Waals surface area contributed by atoms with Crippen molar-refractivity contribution in [3.05, 3.63) is 0 Å². The fourth-order valence-electron chi connectivity index (χ4n) is 3.15. The van der Waals surface area contributed by atoms with Crippen molar-refractivity contribution >= 4 is 5.97 Å². The van der Waals surface area contributed by atoms with Crippen LogP contribution in [0.1, 0.15) is 51.9 Å². The van der Waals surface area contributed by atoms with Gasteiger partial charge in [0, 0.05) is 18.8 Å². The summed E-state index contributed by atoms with van der Waals surface area (Å²) in [6.45, 7) is 3.27. The average Bonchev–Trinajstić information content (AvgIpc) is 2.30. The largest absolute Gasteiger partial charge is 0.480 e. The van der Waals surface area contributed by atoms with E-state index in [0.717, 1.165) is 12.8 Å². The second kappa shape index (κ2) is 4.94. The zero-order chi connectivity index (χ0) is 12.4. The van der Waals surface area contributed by atoms with Crippen molar-refractivity contribution in [2.45, 2.75) is 62.9 Å². The summed E-state index contributed by atoms with van der Waals surface area (Å²) in [7, 11) is 0. The van der Waals surface area contributed by atoms with Gasteiger partial charge in [-0.3, -0.25) is 10.1 Å². The molecule has 1 saturated carbocycles. The first-order valence-corrected chi connectivity index (χ1v) is 6.67. The number of aliphatic carboxylic acids is 1. The Kier molecular flexibility index (Phi) is 3.73. The number of ether oxygens (including phenoxy) is 1. The maximum atomic E-state index is 11.6. The zero-order valence-corrected chi connectivity index (χ0v) is 10.6. The highest BCUT2D eigenvalue weighted by atomic mass is 16.5. The third kappa shape index (κ3) is 2.80. The SMILES string of the molecule is CC1(NC2(C(=O)O)CCOCC2)CCCCC1. The molecule has 2 N–H and O–H groups in total. The summed E-state index contributed by atoms with van der Waals surface area (Å²) in [4.78, 5) is 11.6. The Morgan fingerprint density at radius 3 is 2.24 bits per heavy atom. The van der Waals surface area contributed by atoms with Crippen LogP contribution in [0.2, 0.25) is 0 Å². The first-order chi connectivity index (χ1) is 8.06. The summed E-state index contributed by atoms with van der Waals surface area (Å²) in [6.07, 6.45) is 7.02. The lowest BCUT2D eigenvalue weighted by molar-refractivity contribution is -0.151. The van der Waals surface area contributed by atoms with Gasteiger partial charge in [-0.05, 0) is 32.6 Å². The minimum Gasteiger partial charge on any atom is -0.480 e. The Labute approximate surface area is 103 Å². The van der Waals surface area contributed by atoms with Crippen LogP contribution < -0.4 is 5.32 Å². The minimum atomic E-state index is -0.760. The van der Waals surface area contributed by atoms with Crippen LogP contribution in [0.15, 0.2) is 0 Å². The first-order valence-electron chi connectivity index (χ1n) is 6.67. The van der Waals surface area contributed by atoms with Gasteiger partial charge in [0.1, 0.15) is 5.54 Å². The van der Waals surface area contributed by atoms with Gasteiger partial charge < -0.3 is 9.84 Å². The molecule has 2 aliphatic rings. The van der Waals surface area contributed by atoms with E-state index in [1.165, 1.54) is 19.3 Å². The van der Waals surface area contributed by atoms with Crippen molar-refractivity contribution in [1.82, 2.24) is 5.32 Å². The first kappa shape index (κ1) is 12.8. The van der Waals surface area contributed by atoms with E-state index < -0.39 is 11.5 Å². The quantitative estimate of drug-likeness (QED) is 0.792. The molecular formula is C13H23NO3. The summed E-state index contributed by atoms with van der Waals surface area (Å²) in [5, 5.41) is 13.0. The molecule has 2 rings (SSSR count). The van der Waals surface area contributed by atoms with Crippen molar-refractivity contribution in [1.29, 1.82) is 0 Å². The van der Waals surface area contributed by atoms with Crippen LogP contribution in [-0.4, -0.2) is 35.4 Å². The maximum absolute atomic E-state index is 11.6. The molecule has 1 heterocycles. The van der Waals surface area contributed by atoms with E-state index in [4.69, 9.17) is 4.74 Å². The summed E-state index contributed by atoms with van der Waals surface area (Å²) in [5.41, 5.74) is -0.766. The molecule has 2 fully saturated rings. The molecule has 98 valence electrons. The monoisotopic (exact) mass is 241 g/mol. The second-order valence-corrected chi connectivity index (χ2v) is 5.75. The van der Waals surface area contributed by atoms with Crippen LogP contribution in [0.5, 0.6) is 0 Å². The van der Waals surface area contributed by atoms with Crippen molar-refractivity contribution in [2.24, 2.45) is 0 Å². The van der Waals surface area contributed by atoms with Gasteiger partial charge in [-0.25, -0.2) is 0 Å². The molecule has 0 atom stereocenters. The number of carboxylic acid groups (broad SMARTS) is 1. The van der Waals surface area contributed by atoms with Crippen LogP contribution in [0.3, 0.4) is 0 Å². The molecule has 0 unspecified atom stereocenters. The Bertz CT molecular complexity index is 278. The molecule has 4 nitrogen and oxygen atoms in total. The summed E-state index contributed by atoms with van der Waals surface area (Å²) in [6, 6.07) is 0. The summed E-state index contributed by atoms with van der Waals surface area (Å²) in [5.74, 6) is -0.715. The van der Waals surface area contributed by atoms with Gasteiger partial charge in [0.05, 0.1) is 0 Å². The number of rotatable bonds is 3. The Morgan fingerprint density at radius 2 is 1.71 bits per heavy atom. The van der Waals surface area contributed by atoms with Crippen molar-refractivity contribution in [3.8, 4) is 0 Å². The predicted octanol–water partition coefficient (Wildman–Crippen LogP) is 1.93. The number of nitrogens with one attached hydrogen (secondary N) is 1. The Morgan fingerprint density at radius 1 is 1.12 bits per heavy atom.